The SMILES string of the molecule is O=C(O)c1cnc(COc2ccccc2F)nc1. The zero-order chi connectivity index (χ0) is 13.0. The van der Waals surface area contributed by atoms with Gasteiger partial charge in [-0.25, -0.2) is 19.2 Å². The monoisotopic (exact) mass is 248 g/mol. The van der Waals surface area contributed by atoms with Crippen LogP contribution in [0.25, 0.3) is 0 Å². The van der Waals surface area contributed by atoms with Crippen LogP contribution in [0.15, 0.2) is 36.7 Å². The number of para-hydroxylation sites is 1. The number of hydrogen-bond donors (Lipinski definition) is 1. The summed E-state index contributed by atoms with van der Waals surface area (Å²) < 4.78 is 18.4. The van der Waals surface area contributed by atoms with Gasteiger partial charge in [-0.1, -0.05) is 12.1 Å². The molecule has 1 N–H and O–H groups in total. The molecule has 0 amide bonds. The normalized spacial score (nSPS) is 10.1. The first kappa shape index (κ1) is 12.0. The summed E-state index contributed by atoms with van der Waals surface area (Å²) in [6.45, 7) is -0.0270. The Hall–Kier alpha value is -2.50. The Balaban J connectivity index is 2.02. The molecular weight excluding hydrogens is 239 g/mol. The molecule has 2 rings (SSSR count). The molecular formula is C12H9FN2O3. The second kappa shape index (κ2) is 5.22. The summed E-state index contributed by atoms with van der Waals surface area (Å²) in [5.41, 5.74) is -0.00959. The van der Waals surface area contributed by atoms with Gasteiger partial charge in [-0.3, -0.25) is 0 Å². The van der Waals surface area contributed by atoms with E-state index >= 15 is 0 Å². The van der Waals surface area contributed by atoms with E-state index in [1.165, 1.54) is 24.5 Å². The topological polar surface area (TPSA) is 72.3 Å². The first-order valence-electron chi connectivity index (χ1n) is 5.08. The third kappa shape index (κ3) is 2.79. The number of aromatic nitrogens is 2. The van der Waals surface area contributed by atoms with Crippen molar-refractivity contribution in [2.45, 2.75) is 6.61 Å². The van der Waals surface area contributed by atoms with Gasteiger partial charge >= 0.3 is 5.97 Å². The van der Waals surface area contributed by atoms with Crippen molar-refractivity contribution in [2.24, 2.45) is 0 Å². The second-order valence-corrected chi connectivity index (χ2v) is 3.41. The number of carbonyl (C=O) groups is 1. The molecule has 0 saturated heterocycles. The van der Waals surface area contributed by atoms with Crippen LogP contribution >= 0.6 is 0 Å². The highest BCUT2D eigenvalue weighted by atomic mass is 19.1. The third-order valence-electron chi connectivity index (χ3n) is 2.15. The highest BCUT2D eigenvalue weighted by Crippen LogP contribution is 2.16. The van der Waals surface area contributed by atoms with Gasteiger partial charge in [0.05, 0.1) is 5.56 Å². The highest BCUT2D eigenvalue weighted by molar-refractivity contribution is 5.86. The number of carboxylic acid groups (broad SMARTS) is 1. The smallest absolute Gasteiger partial charge is 0.338 e. The van der Waals surface area contributed by atoms with Gasteiger partial charge in [-0.15, -0.1) is 0 Å². The lowest BCUT2D eigenvalue weighted by molar-refractivity contribution is 0.0695. The molecule has 0 bridgehead atoms. The number of rotatable bonds is 4. The van der Waals surface area contributed by atoms with Crippen molar-refractivity contribution in [3.63, 3.8) is 0 Å². The van der Waals surface area contributed by atoms with E-state index in [9.17, 15) is 9.18 Å². The molecule has 0 atom stereocenters. The number of ether oxygens (including phenoxy) is 1. The first-order chi connectivity index (χ1) is 8.66. The Morgan fingerprint density at radius 2 is 1.94 bits per heavy atom. The molecule has 0 aliphatic heterocycles. The fraction of sp³-hybridized carbons (Fsp3) is 0.0833. The van der Waals surface area contributed by atoms with Crippen LogP contribution < -0.4 is 4.74 Å². The Morgan fingerprint density at radius 3 is 2.56 bits per heavy atom. The van der Waals surface area contributed by atoms with Gasteiger partial charge < -0.3 is 9.84 Å². The molecule has 18 heavy (non-hydrogen) atoms. The van der Waals surface area contributed by atoms with Crippen LogP contribution in [0.5, 0.6) is 5.75 Å². The van der Waals surface area contributed by atoms with Crippen LogP contribution in [-0.2, 0) is 6.61 Å². The third-order valence-corrected chi connectivity index (χ3v) is 2.15. The summed E-state index contributed by atoms with van der Waals surface area (Å²) in [6, 6.07) is 5.97. The zero-order valence-electron chi connectivity index (χ0n) is 9.21. The molecule has 1 heterocycles. The number of aromatic carboxylic acids is 1. The first-order valence-corrected chi connectivity index (χ1v) is 5.08. The van der Waals surface area contributed by atoms with Crippen LogP contribution in [0.3, 0.4) is 0 Å². The molecule has 0 unspecified atom stereocenters. The fourth-order valence-corrected chi connectivity index (χ4v) is 1.24. The lowest BCUT2D eigenvalue weighted by Crippen LogP contribution is -2.05. The standard InChI is InChI=1S/C12H9FN2O3/c13-9-3-1-2-4-10(9)18-7-11-14-5-8(6-15-11)12(16)17/h1-6H,7H2,(H,16,17). The van der Waals surface area contributed by atoms with E-state index in [4.69, 9.17) is 9.84 Å². The van der Waals surface area contributed by atoms with Gasteiger partial charge in [0.15, 0.2) is 17.4 Å². The van der Waals surface area contributed by atoms with E-state index in [2.05, 4.69) is 9.97 Å². The molecule has 0 radical (unpaired) electrons. The quantitative estimate of drug-likeness (QED) is 0.894. The van der Waals surface area contributed by atoms with Gasteiger partial charge in [-0.2, -0.15) is 0 Å². The number of nitrogens with zero attached hydrogens (tertiary/aromatic N) is 2. The number of halogens is 1. The van der Waals surface area contributed by atoms with Crippen molar-refractivity contribution in [3.8, 4) is 5.75 Å². The van der Waals surface area contributed by atoms with Gasteiger partial charge in [0, 0.05) is 12.4 Å². The molecule has 0 spiro atoms. The van der Waals surface area contributed by atoms with Crippen molar-refractivity contribution in [1.29, 1.82) is 0 Å². The summed E-state index contributed by atoms with van der Waals surface area (Å²) >= 11 is 0. The molecule has 1 aromatic heterocycles. The van der Waals surface area contributed by atoms with Crippen LogP contribution in [0.4, 0.5) is 4.39 Å². The lowest BCUT2D eigenvalue weighted by atomic mass is 10.3. The summed E-state index contributed by atoms with van der Waals surface area (Å²) in [5, 5.41) is 8.66. The second-order valence-electron chi connectivity index (χ2n) is 3.41. The van der Waals surface area contributed by atoms with Crippen molar-refractivity contribution < 1.29 is 19.0 Å². The summed E-state index contributed by atoms with van der Waals surface area (Å²) in [7, 11) is 0. The van der Waals surface area contributed by atoms with E-state index in [-0.39, 0.29) is 23.7 Å². The van der Waals surface area contributed by atoms with Gasteiger partial charge in [0.2, 0.25) is 0 Å². The van der Waals surface area contributed by atoms with E-state index in [1.54, 1.807) is 12.1 Å². The maximum absolute atomic E-state index is 13.2. The molecule has 92 valence electrons. The average molecular weight is 248 g/mol. The lowest BCUT2D eigenvalue weighted by Gasteiger charge is -2.05. The van der Waals surface area contributed by atoms with Gasteiger partial charge in [-0.05, 0) is 12.1 Å². The van der Waals surface area contributed by atoms with Crippen LogP contribution in [0, 0.1) is 5.82 Å². The van der Waals surface area contributed by atoms with E-state index in [0.29, 0.717) is 0 Å². The van der Waals surface area contributed by atoms with Gasteiger partial charge in [0.1, 0.15) is 6.61 Å². The fourth-order valence-electron chi connectivity index (χ4n) is 1.24. The van der Waals surface area contributed by atoms with E-state index in [0.717, 1.165) is 0 Å². The molecule has 0 aliphatic carbocycles. The van der Waals surface area contributed by atoms with Crippen LogP contribution in [-0.4, -0.2) is 21.0 Å². The zero-order valence-corrected chi connectivity index (χ0v) is 9.21. The van der Waals surface area contributed by atoms with E-state index < -0.39 is 11.8 Å². The van der Waals surface area contributed by atoms with Crippen molar-refractivity contribution >= 4 is 5.97 Å². The Morgan fingerprint density at radius 1 is 1.28 bits per heavy atom. The van der Waals surface area contributed by atoms with Crippen LogP contribution in [0.2, 0.25) is 0 Å². The van der Waals surface area contributed by atoms with Crippen LogP contribution in [0.1, 0.15) is 16.2 Å². The van der Waals surface area contributed by atoms with Gasteiger partial charge in [0.25, 0.3) is 0 Å². The van der Waals surface area contributed by atoms with Crippen molar-refractivity contribution in [3.05, 3.63) is 53.9 Å². The number of hydrogen-bond acceptors (Lipinski definition) is 4. The average Bonchev–Trinajstić information content (AvgIpc) is 2.38. The molecule has 1 aromatic carbocycles. The molecule has 0 aliphatic rings. The molecule has 6 heteroatoms. The Kier molecular flexibility index (Phi) is 3.47. The largest absolute Gasteiger partial charge is 0.483 e. The minimum atomic E-state index is -1.10. The Labute approximate surface area is 102 Å². The molecule has 5 nitrogen and oxygen atoms in total. The summed E-state index contributed by atoms with van der Waals surface area (Å²) in [6.07, 6.45) is 2.35. The highest BCUT2D eigenvalue weighted by Gasteiger charge is 2.06. The number of benzene rings is 1. The minimum Gasteiger partial charge on any atom is -0.483 e. The summed E-state index contributed by atoms with van der Waals surface area (Å²) in [4.78, 5) is 18.2. The molecule has 2 aromatic rings. The maximum atomic E-state index is 13.2. The minimum absolute atomic E-state index is 0.00959. The van der Waals surface area contributed by atoms with Crippen molar-refractivity contribution in [1.82, 2.24) is 9.97 Å². The Bertz CT molecular complexity index is 558. The molecule has 0 saturated carbocycles. The van der Waals surface area contributed by atoms with E-state index in [1.807, 2.05) is 0 Å². The predicted molar refractivity (Wildman–Crippen MR) is 59.7 cm³/mol. The maximum Gasteiger partial charge on any atom is 0.338 e. The molecule has 0 fully saturated rings. The predicted octanol–water partition coefficient (Wildman–Crippen LogP) is 1.89. The number of carboxylic acids is 1. The summed E-state index contributed by atoms with van der Waals surface area (Å²) in [5.74, 6) is -1.19. The van der Waals surface area contributed by atoms with Crippen molar-refractivity contribution in [2.75, 3.05) is 0 Å².